The van der Waals surface area contributed by atoms with Gasteiger partial charge in [0.25, 0.3) is 0 Å². The molecule has 0 unspecified atom stereocenters. The maximum absolute atomic E-state index is 12.7. The third kappa shape index (κ3) is 2.80. The summed E-state index contributed by atoms with van der Waals surface area (Å²) in [7, 11) is 0. The Hall–Kier alpha value is -2.91. The Kier molecular flexibility index (Phi) is 4.09. The van der Waals surface area contributed by atoms with Crippen LogP contribution in [0.1, 0.15) is 17.5 Å². The minimum Gasteiger partial charge on any atom is -0.408 e. The van der Waals surface area contributed by atoms with Gasteiger partial charge in [0.05, 0.1) is 36.6 Å². The number of carbonyl (C=O) groups is 1. The Morgan fingerprint density at radius 3 is 2.92 bits per heavy atom. The number of benzene rings is 1. The van der Waals surface area contributed by atoms with Crippen LogP contribution >= 0.6 is 0 Å². The molecule has 136 valence electrons. The molecule has 0 bridgehead atoms. The number of fused-ring (bicyclic) bond motifs is 2. The van der Waals surface area contributed by atoms with E-state index in [0.717, 1.165) is 5.69 Å². The molecule has 2 N–H and O–H groups in total. The van der Waals surface area contributed by atoms with Gasteiger partial charge in [-0.1, -0.05) is 12.1 Å². The summed E-state index contributed by atoms with van der Waals surface area (Å²) in [6.45, 7) is 0.757. The lowest BCUT2D eigenvalue weighted by Gasteiger charge is -2.27. The predicted molar refractivity (Wildman–Crippen MR) is 90.2 cm³/mol. The highest BCUT2D eigenvalue weighted by molar-refractivity contribution is 5.79. The average Bonchev–Trinajstić information content (AvgIpc) is 3.21. The first-order valence-corrected chi connectivity index (χ1v) is 8.28. The van der Waals surface area contributed by atoms with Crippen molar-refractivity contribution in [2.24, 2.45) is 0 Å². The van der Waals surface area contributed by atoms with Crippen molar-refractivity contribution in [2.45, 2.75) is 25.7 Å². The standard InChI is InChI=1S/C17H18N4O5/c22-10-14(23)12-7-11-8-19(5-6-21(11)18-12)16(24)9-20-13-3-1-2-4-15(13)26-17(20)25/h1-4,7,14,22-23H,5-6,8-10H2/t14-/m0/s1. The molecule has 0 fully saturated rings. The number of aliphatic hydroxyl groups excluding tert-OH is 2. The molecular weight excluding hydrogens is 340 g/mol. The number of aromatic nitrogens is 3. The van der Waals surface area contributed by atoms with Crippen molar-refractivity contribution in [3.8, 4) is 0 Å². The highest BCUT2D eigenvalue weighted by Gasteiger charge is 2.25. The van der Waals surface area contributed by atoms with E-state index in [1.54, 1.807) is 39.9 Å². The predicted octanol–water partition coefficient (Wildman–Crippen LogP) is -0.141. The minimum absolute atomic E-state index is 0.101. The van der Waals surface area contributed by atoms with Gasteiger partial charge in [0.2, 0.25) is 5.91 Å². The topological polar surface area (TPSA) is 114 Å². The molecule has 26 heavy (non-hydrogen) atoms. The van der Waals surface area contributed by atoms with Crippen molar-refractivity contribution in [3.63, 3.8) is 0 Å². The van der Waals surface area contributed by atoms with Crippen molar-refractivity contribution < 1.29 is 19.4 Å². The van der Waals surface area contributed by atoms with Gasteiger partial charge in [0.1, 0.15) is 12.6 Å². The van der Waals surface area contributed by atoms with Gasteiger partial charge in [0.15, 0.2) is 5.58 Å². The molecule has 0 spiro atoms. The molecule has 9 heteroatoms. The summed E-state index contributed by atoms with van der Waals surface area (Å²) in [4.78, 5) is 26.3. The van der Waals surface area contributed by atoms with Gasteiger partial charge in [-0.25, -0.2) is 4.79 Å². The second kappa shape index (κ2) is 6.43. The van der Waals surface area contributed by atoms with Crippen molar-refractivity contribution >= 4 is 17.0 Å². The van der Waals surface area contributed by atoms with Crippen molar-refractivity contribution in [3.05, 3.63) is 52.3 Å². The molecule has 0 aliphatic carbocycles. The fourth-order valence-corrected chi connectivity index (χ4v) is 3.16. The third-order valence-corrected chi connectivity index (χ3v) is 4.55. The van der Waals surface area contributed by atoms with Crippen LogP contribution in [-0.4, -0.2) is 48.5 Å². The lowest BCUT2D eigenvalue weighted by molar-refractivity contribution is -0.133. The molecule has 1 atom stereocenters. The van der Waals surface area contributed by atoms with Crippen LogP contribution in [0.25, 0.3) is 11.1 Å². The van der Waals surface area contributed by atoms with Gasteiger partial charge in [-0.15, -0.1) is 0 Å². The Bertz CT molecular complexity index is 1020. The Morgan fingerprint density at radius 2 is 2.12 bits per heavy atom. The molecule has 0 saturated carbocycles. The lowest BCUT2D eigenvalue weighted by atomic mass is 10.2. The smallest absolute Gasteiger partial charge is 0.408 e. The Morgan fingerprint density at radius 1 is 1.31 bits per heavy atom. The number of rotatable bonds is 4. The van der Waals surface area contributed by atoms with Crippen LogP contribution in [0.15, 0.2) is 39.5 Å². The molecule has 3 aromatic rings. The first-order chi connectivity index (χ1) is 12.6. The molecule has 2 aromatic heterocycles. The number of para-hydroxylation sites is 2. The molecule has 1 aliphatic heterocycles. The molecule has 3 heterocycles. The van der Waals surface area contributed by atoms with Gasteiger partial charge < -0.3 is 19.5 Å². The highest BCUT2D eigenvalue weighted by atomic mass is 16.4. The van der Waals surface area contributed by atoms with E-state index >= 15 is 0 Å². The second-order valence-electron chi connectivity index (χ2n) is 6.22. The maximum atomic E-state index is 12.7. The molecule has 1 amide bonds. The molecule has 1 aliphatic rings. The Labute approximate surface area is 147 Å². The molecule has 0 radical (unpaired) electrons. The number of aliphatic hydroxyl groups is 2. The summed E-state index contributed by atoms with van der Waals surface area (Å²) < 4.78 is 8.20. The summed E-state index contributed by atoms with van der Waals surface area (Å²) >= 11 is 0. The van der Waals surface area contributed by atoms with Crippen LogP contribution in [0.3, 0.4) is 0 Å². The van der Waals surface area contributed by atoms with Crippen LogP contribution in [0.2, 0.25) is 0 Å². The van der Waals surface area contributed by atoms with Crippen LogP contribution in [-0.2, 0) is 24.4 Å². The SMILES string of the molecule is O=C(Cn1c(=O)oc2ccccc21)N1CCn2nc([C@@H](O)CO)cc2C1. The van der Waals surface area contributed by atoms with Crippen molar-refractivity contribution in [1.82, 2.24) is 19.2 Å². The summed E-state index contributed by atoms with van der Waals surface area (Å²) in [6, 6.07) is 8.65. The van der Waals surface area contributed by atoms with Gasteiger partial charge in [0, 0.05) is 6.54 Å². The van der Waals surface area contributed by atoms with Crippen molar-refractivity contribution in [2.75, 3.05) is 13.2 Å². The van der Waals surface area contributed by atoms with Crippen molar-refractivity contribution in [1.29, 1.82) is 0 Å². The summed E-state index contributed by atoms with van der Waals surface area (Å²) in [5.41, 5.74) is 2.19. The third-order valence-electron chi connectivity index (χ3n) is 4.55. The maximum Gasteiger partial charge on any atom is 0.420 e. The quantitative estimate of drug-likeness (QED) is 0.671. The number of amides is 1. The first kappa shape index (κ1) is 16.6. The molecule has 9 nitrogen and oxygen atoms in total. The zero-order valence-corrected chi connectivity index (χ0v) is 13.9. The summed E-state index contributed by atoms with van der Waals surface area (Å²) in [5.74, 6) is -0.759. The number of oxazole rings is 1. The van der Waals surface area contributed by atoms with E-state index in [1.807, 2.05) is 0 Å². The van der Waals surface area contributed by atoms with Crippen LogP contribution in [0.5, 0.6) is 0 Å². The summed E-state index contributed by atoms with van der Waals surface area (Å²) in [6.07, 6.45) is -1.03. The van der Waals surface area contributed by atoms with Crippen LogP contribution in [0.4, 0.5) is 0 Å². The van der Waals surface area contributed by atoms with E-state index in [4.69, 9.17) is 9.52 Å². The molecular formula is C17H18N4O5. The second-order valence-corrected chi connectivity index (χ2v) is 6.22. The number of hydrogen-bond donors (Lipinski definition) is 2. The normalized spacial score (nSPS) is 15.2. The largest absolute Gasteiger partial charge is 0.420 e. The van der Waals surface area contributed by atoms with Gasteiger partial charge in [-0.3, -0.25) is 14.0 Å². The van der Waals surface area contributed by atoms with Crippen LogP contribution < -0.4 is 5.76 Å². The fourth-order valence-electron chi connectivity index (χ4n) is 3.16. The van der Waals surface area contributed by atoms with E-state index < -0.39 is 18.5 Å². The number of hydrogen-bond acceptors (Lipinski definition) is 6. The molecule has 0 saturated heterocycles. The molecule has 4 rings (SSSR count). The number of nitrogens with zero attached hydrogens (tertiary/aromatic N) is 4. The van der Waals surface area contributed by atoms with Gasteiger partial charge >= 0.3 is 5.76 Å². The van der Waals surface area contributed by atoms with E-state index in [2.05, 4.69) is 5.10 Å². The molecule has 1 aromatic carbocycles. The zero-order chi connectivity index (χ0) is 18.3. The van der Waals surface area contributed by atoms with Gasteiger partial charge in [-0.2, -0.15) is 5.10 Å². The first-order valence-electron chi connectivity index (χ1n) is 8.28. The monoisotopic (exact) mass is 358 g/mol. The number of carbonyl (C=O) groups excluding carboxylic acids is 1. The van der Waals surface area contributed by atoms with E-state index in [1.165, 1.54) is 4.57 Å². The Balaban J connectivity index is 1.53. The van der Waals surface area contributed by atoms with E-state index in [0.29, 0.717) is 36.4 Å². The van der Waals surface area contributed by atoms with Gasteiger partial charge in [-0.05, 0) is 18.2 Å². The average molecular weight is 358 g/mol. The van der Waals surface area contributed by atoms with E-state index in [-0.39, 0.29) is 12.5 Å². The van der Waals surface area contributed by atoms with Crippen LogP contribution in [0, 0.1) is 0 Å². The summed E-state index contributed by atoms with van der Waals surface area (Å²) in [5, 5.41) is 23.0. The zero-order valence-electron chi connectivity index (χ0n) is 13.9. The fraction of sp³-hybridized carbons (Fsp3) is 0.353. The lowest BCUT2D eigenvalue weighted by Crippen LogP contribution is -2.41. The highest BCUT2D eigenvalue weighted by Crippen LogP contribution is 2.19. The minimum atomic E-state index is -1.03. The van der Waals surface area contributed by atoms with E-state index in [9.17, 15) is 14.7 Å².